The van der Waals surface area contributed by atoms with E-state index in [0.717, 1.165) is 23.9 Å². The van der Waals surface area contributed by atoms with E-state index in [1.54, 1.807) is 11.8 Å². The van der Waals surface area contributed by atoms with Crippen LogP contribution in [0.5, 0.6) is 0 Å². The van der Waals surface area contributed by atoms with Crippen molar-refractivity contribution in [2.45, 2.75) is 37.9 Å². The molecule has 0 bridgehead atoms. The minimum atomic E-state index is -4.59. The van der Waals surface area contributed by atoms with Gasteiger partial charge in [-0.1, -0.05) is 23.9 Å². The summed E-state index contributed by atoms with van der Waals surface area (Å²) in [5, 5.41) is 0.264. The molecule has 2 N–H and O–H groups in total. The molecule has 3 amide bonds. The lowest BCUT2D eigenvalue weighted by atomic mass is 10.1. The molecular formula is C21H19F6N5O2S2. The summed E-state index contributed by atoms with van der Waals surface area (Å²) in [6.07, 6.45) is -9.06. The van der Waals surface area contributed by atoms with E-state index in [1.165, 1.54) is 27.3 Å². The van der Waals surface area contributed by atoms with Crippen LogP contribution in [0.25, 0.3) is 0 Å². The van der Waals surface area contributed by atoms with Gasteiger partial charge in [-0.25, -0.2) is 9.78 Å². The maximum atomic E-state index is 13.2. The molecule has 0 spiro atoms. The van der Waals surface area contributed by atoms with Gasteiger partial charge in [-0.3, -0.25) is 9.69 Å². The van der Waals surface area contributed by atoms with E-state index in [0.29, 0.717) is 22.6 Å². The van der Waals surface area contributed by atoms with Crippen molar-refractivity contribution in [3.8, 4) is 0 Å². The molecule has 194 valence electrons. The van der Waals surface area contributed by atoms with Crippen molar-refractivity contribution >= 4 is 35.0 Å². The summed E-state index contributed by atoms with van der Waals surface area (Å²) in [4.78, 5) is 33.4. The zero-order valence-corrected chi connectivity index (χ0v) is 20.2. The average molecular weight is 552 g/mol. The highest BCUT2D eigenvalue weighted by atomic mass is 32.2. The molecule has 2 aromatic rings. The van der Waals surface area contributed by atoms with Crippen LogP contribution in [0.15, 0.2) is 40.2 Å². The zero-order chi connectivity index (χ0) is 26.4. The predicted octanol–water partition coefficient (Wildman–Crippen LogP) is 4.67. The molecule has 1 saturated heterocycles. The molecule has 0 aliphatic carbocycles. The maximum absolute atomic E-state index is 13.2. The van der Waals surface area contributed by atoms with Gasteiger partial charge in [-0.05, 0) is 24.6 Å². The van der Waals surface area contributed by atoms with Crippen LogP contribution in [0.4, 0.5) is 31.1 Å². The SMILES string of the molecule is CC1=C(C(N)=O)SC(N2CCN(Cc3ccc(C(F)(F)F)cc3)C2=O)N1Cc1csc(C(F)(F)F)n1. The second kappa shape index (κ2) is 9.50. The number of hydrogen-bond donors (Lipinski definition) is 1. The zero-order valence-electron chi connectivity index (χ0n) is 18.6. The fourth-order valence-electron chi connectivity index (χ4n) is 3.87. The highest BCUT2D eigenvalue weighted by Crippen LogP contribution is 2.42. The smallest absolute Gasteiger partial charge is 0.365 e. The Labute approximate surface area is 209 Å². The number of allylic oxidation sites excluding steroid dienone is 1. The van der Waals surface area contributed by atoms with Gasteiger partial charge >= 0.3 is 18.4 Å². The van der Waals surface area contributed by atoms with Gasteiger partial charge < -0.3 is 15.5 Å². The number of thioether (sulfide) groups is 1. The summed E-state index contributed by atoms with van der Waals surface area (Å²) in [6.45, 7) is 2.07. The van der Waals surface area contributed by atoms with E-state index in [1.807, 2.05) is 0 Å². The first-order valence-corrected chi connectivity index (χ1v) is 12.2. The van der Waals surface area contributed by atoms with Gasteiger partial charge in [0.25, 0.3) is 5.91 Å². The fourth-order valence-corrected chi connectivity index (χ4v) is 5.85. The molecule has 1 aromatic carbocycles. The molecule has 1 fully saturated rings. The van der Waals surface area contributed by atoms with Gasteiger partial charge in [0.2, 0.25) is 0 Å². The summed E-state index contributed by atoms with van der Waals surface area (Å²) < 4.78 is 77.4. The Morgan fingerprint density at radius 2 is 1.75 bits per heavy atom. The minimum Gasteiger partial charge on any atom is -0.365 e. The topological polar surface area (TPSA) is 82.8 Å². The van der Waals surface area contributed by atoms with E-state index in [2.05, 4.69) is 4.98 Å². The number of rotatable bonds is 6. The first-order valence-electron chi connectivity index (χ1n) is 10.4. The number of carbonyl (C=O) groups excluding carboxylic acids is 2. The largest absolute Gasteiger partial charge is 0.443 e. The highest BCUT2D eigenvalue weighted by molar-refractivity contribution is 8.04. The Morgan fingerprint density at radius 3 is 2.31 bits per heavy atom. The molecular weight excluding hydrogens is 532 g/mol. The van der Waals surface area contributed by atoms with Crippen molar-refractivity contribution in [2.75, 3.05) is 13.1 Å². The van der Waals surface area contributed by atoms with Crippen LogP contribution in [0.3, 0.4) is 0 Å². The van der Waals surface area contributed by atoms with Crippen molar-refractivity contribution in [1.29, 1.82) is 0 Å². The van der Waals surface area contributed by atoms with E-state index in [-0.39, 0.29) is 36.8 Å². The average Bonchev–Trinajstić information content (AvgIpc) is 3.47. The lowest BCUT2D eigenvalue weighted by Gasteiger charge is -2.33. The third-order valence-electron chi connectivity index (χ3n) is 5.65. The summed E-state index contributed by atoms with van der Waals surface area (Å²) in [5.41, 5.74) is 4.95. The number of benzene rings is 1. The first-order chi connectivity index (χ1) is 16.8. The molecule has 36 heavy (non-hydrogen) atoms. The number of hydrogen-bond acceptors (Lipinski definition) is 6. The number of aromatic nitrogens is 1. The van der Waals surface area contributed by atoms with Gasteiger partial charge in [0.05, 0.1) is 22.7 Å². The third-order valence-corrected chi connectivity index (χ3v) is 8.04. The Kier molecular flexibility index (Phi) is 6.90. The summed E-state index contributed by atoms with van der Waals surface area (Å²) in [7, 11) is 0. The van der Waals surface area contributed by atoms with Crippen LogP contribution in [0, 0.1) is 0 Å². The summed E-state index contributed by atoms with van der Waals surface area (Å²) >= 11 is 1.47. The molecule has 15 heteroatoms. The normalized spacial score (nSPS) is 19.1. The Balaban J connectivity index is 1.51. The van der Waals surface area contributed by atoms with Crippen molar-refractivity contribution in [2.24, 2.45) is 5.73 Å². The molecule has 3 heterocycles. The third kappa shape index (κ3) is 5.26. The van der Waals surface area contributed by atoms with E-state index < -0.39 is 40.4 Å². The molecule has 1 atom stereocenters. The lowest BCUT2D eigenvalue weighted by molar-refractivity contribution is -0.138. The summed E-state index contributed by atoms with van der Waals surface area (Å²) in [6, 6.07) is 4.06. The van der Waals surface area contributed by atoms with Crippen molar-refractivity contribution < 1.29 is 35.9 Å². The lowest BCUT2D eigenvalue weighted by Crippen LogP contribution is -2.45. The number of nitrogens with zero attached hydrogens (tertiary/aromatic N) is 4. The van der Waals surface area contributed by atoms with Crippen LogP contribution >= 0.6 is 23.1 Å². The van der Waals surface area contributed by atoms with Crippen molar-refractivity contribution in [1.82, 2.24) is 19.7 Å². The first kappa shape index (κ1) is 26.1. The molecule has 2 aliphatic heterocycles. The molecule has 0 radical (unpaired) electrons. The van der Waals surface area contributed by atoms with Crippen LogP contribution in [0.1, 0.15) is 28.8 Å². The van der Waals surface area contributed by atoms with E-state index in [9.17, 15) is 35.9 Å². The standard InChI is InChI=1S/C21H19F6N5O2S2/c1-11-15(16(28)33)36-19(32(11)9-14-10-35-17(29-14)21(25,26)27)31-7-6-30(18(31)34)8-12-2-4-13(5-3-12)20(22,23)24/h2-5,10,19H,6-9H2,1H3,(H2,28,33). The Hall–Kier alpha value is -2.94. The van der Waals surface area contributed by atoms with Gasteiger partial charge in [-0.15, -0.1) is 11.3 Å². The second-order valence-electron chi connectivity index (χ2n) is 8.08. The monoisotopic (exact) mass is 551 g/mol. The molecule has 4 rings (SSSR count). The minimum absolute atomic E-state index is 0.0704. The number of urea groups is 1. The Bertz CT molecular complexity index is 1190. The maximum Gasteiger partial charge on any atom is 0.443 e. The number of alkyl halides is 6. The Morgan fingerprint density at radius 1 is 1.08 bits per heavy atom. The molecule has 7 nitrogen and oxygen atoms in total. The molecule has 0 saturated carbocycles. The van der Waals surface area contributed by atoms with E-state index in [4.69, 9.17) is 5.73 Å². The highest BCUT2D eigenvalue weighted by Gasteiger charge is 2.43. The number of primary amides is 1. The van der Waals surface area contributed by atoms with Crippen LogP contribution in [-0.4, -0.2) is 50.2 Å². The molecule has 2 aliphatic rings. The van der Waals surface area contributed by atoms with E-state index >= 15 is 0 Å². The van der Waals surface area contributed by atoms with Crippen LogP contribution < -0.4 is 5.73 Å². The number of halogens is 6. The van der Waals surface area contributed by atoms with Gasteiger partial charge in [0.1, 0.15) is 0 Å². The summed E-state index contributed by atoms with van der Waals surface area (Å²) in [5.74, 6) is -0.729. The van der Waals surface area contributed by atoms with Gasteiger partial charge in [-0.2, -0.15) is 26.3 Å². The number of nitrogens with two attached hydrogens (primary N) is 1. The van der Waals surface area contributed by atoms with Crippen molar-refractivity contribution in [3.63, 3.8) is 0 Å². The van der Waals surface area contributed by atoms with Crippen LogP contribution in [0.2, 0.25) is 0 Å². The number of amides is 3. The fraction of sp³-hybridized carbons (Fsp3) is 0.381. The van der Waals surface area contributed by atoms with Crippen LogP contribution in [-0.2, 0) is 30.2 Å². The predicted molar refractivity (Wildman–Crippen MR) is 120 cm³/mol. The molecule has 1 unspecified atom stereocenters. The van der Waals surface area contributed by atoms with Gasteiger partial charge in [0, 0.05) is 30.7 Å². The van der Waals surface area contributed by atoms with Crippen molar-refractivity contribution in [3.05, 3.63) is 62.1 Å². The van der Waals surface area contributed by atoms with Gasteiger partial charge in [0.15, 0.2) is 10.5 Å². The molecule has 1 aromatic heterocycles. The quantitative estimate of drug-likeness (QED) is 0.528. The number of thiazole rings is 1. The second-order valence-corrected chi connectivity index (χ2v) is 10.0. The number of carbonyl (C=O) groups is 2.